The summed E-state index contributed by atoms with van der Waals surface area (Å²) in [5.41, 5.74) is 1.10. The second-order valence-corrected chi connectivity index (χ2v) is 8.61. The molecule has 3 rings (SSSR count). The van der Waals surface area contributed by atoms with Crippen molar-refractivity contribution in [2.45, 2.75) is 17.9 Å². The second kappa shape index (κ2) is 9.67. The van der Waals surface area contributed by atoms with Crippen LogP contribution in [0.2, 0.25) is 0 Å². The van der Waals surface area contributed by atoms with Gasteiger partial charge in [-0.2, -0.15) is 0 Å². The van der Waals surface area contributed by atoms with E-state index in [9.17, 15) is 18.0 Å². The van der Waals surface area contributed by atoms with Crippen LogP contribution in [0, 0.1) is 0 Å². The molecule has 9 nitrogen and oxygen atoms in total. The maximum Gasteiger partial charge on any atom is 0.291 e. The van der Waals surface area contributed by atoms with Crippen LogP contribution in [0.1, 0.15) is 29.1 Å². The summed E-state index contributed by atoms with van der Waals surface area (Å²) in [6, 6.07) is 15.5. The van der Waals surface area contributed by atoms with Crippen molar-refractivity contribution in [3.63, 3.8) is 0 Å². The van der Waals surface area contributed by atoms with Gasteiger partial charge in [0.1, 0.15) is 5.75 Å². The molecule has 3 N–H and O–H groups in total. The van der Waals surface area contributed by atoms with Crippen molar-refractivity contribution in [2.24, 2.45) is 5.14 Å². The number of amides is 2. The number of rotatable bonds is 8. The van der Waals surface area contributed by atoms with E-state index in [0.29, 0.717) is 17.0 Å². The number of nitrogens with zero attached hydrogens (tertiary/aromatic N) is 1. The number of primary sulfonamides is 1. The lowest BCUT2D eigenvalue weighted by atomic mass is 10.1. The first-order chi connectivity index (χ1) is 15.1. The molecule has 2 aromatic carbocycles. The number of nitrogens with one attached hydrogen (secondary N) is 1. The number of benzene rings is 2. The summed E-state index contributed by atoms with van der Waals surface area (Å²) >= 11 is 0. The topological polar surface area (TPSA) is 132 Å². The van der Waals surface area contributed by atoms with Crippen LogP contribution >= 0.6 is 0 Å². The first-order valence-corrected chi connectivity index (χ1v) is 11.2. The minimum absolute atomic E-state index is 0.0210. The molecule has 1 atom stereocenters. The third-order valence-electron chi connectivity index (χ3n) is 4.84. The van der Waals surface area contributed by atoms with Gasteiger partial charge in [-0.1, -0.05) is 18.2 Å². The van der Waals surface area contributed by atoms with Gasteiger partial charge in [-0.05, 0) is 48.9 Å². The van der Waals surface area contributed by atoms with Crippen LogP contribution in [0.25, 0.3) is 0 Å². The number of anilines is 1. The van der Waals surface area contributed by atoms with E-state index >= 15 is 0 Å². The molecule has 0 bridgehead atoms. The smallest absolute Gasteiger partial charge is 0.291 e. The Bertz CT molecular complexity index is 1210. The number of hydrogen-bond donors (Lipinski definition) is 2. The molecule has 0 aliphatic carbocycles. The summed E-state index contributed by atoms with van der Waals surface area (Å²) in [5.74, 6) is -0.150. The fraction of sp³-hybridized carbons (Fsp3) is 0.182. The molecule has 0 saturated heterocycles. The van der Waals surface area contributed by atoms with Gasteiger partial charge < -0.3 is 19.4 Å². The third kappa shape index (κ3) is 5.74. The molecule has 0 fully saturated rings. The van der Waals surface area contributed by atoms with Crippen LogP contribution in [-0.2, 0) is 14.8 Å². The average molecular weight is 458 g/mol. The Kier molecular flexibility index (Phi) is 6.96. The average Bonchev–Trinajstić information content (AvgIpc) is 3.31. The van der Waals surface area contributed by atoms with E-state index in [0.717, 1.165) is 0 Å². The fourth-order valence-electron chi connectivity index (χ4n) is 2.90. The van der Waals surface area contributed by atoms with E-state index in [1.54, 1.807) is 62.5 Å². The zero-order chi connectivity index (χ0) is 23.3. The Balaban J connectivity index is 1.61. The molecular formula is C22H23N3O6S. The van der Waals surface area contributed by atoms with Crippen LogP contribution in [0.3, 0.4) is 0 Å². The lowest BCUT2D eigenvalue weighted by Crippen LogP contribution is -2.33. The molecule has 0 spiro atoms. The van der Waals surface area contributed by atoms with Gasteiger partial charge in [0, 0.05) is 18.8 Å². The van der Waals surface area contributed by atoms with Crippen LogP contribution in [-0.4, -0.2) is 38.8 Å². The highest BCUT2D eigenvalue weighted by molar-refractivity contribution is 7.89. The monoisotopic (exact) mass is 457 g/mol. The molecule has 168 valence electrons. The van der Waals surface area contributed by atoms with E-state index in [1.165, 1.54) is 23.3 Å². The number of carbonyl (C=O) groups is 2. The Morgan fingerprint density at radius 2 is 1.88 bits per heavy atom. The van der Waals surface area contributed by atoms with E-state index in [2.05, 4.69) is 5.32 Å². The molecule has 0 aliphatic rings. The van der Waals surface area contributed by atoms with Crippen molar-refractivity contribution in [2.75, 3.05) is 19.0 Å². The third-order valence-corrected chi connectivity index (χ3v) is 5.75. The molecule has 10 heteroatoms. The number of furan rings is 1. The maximum atomic E-state index is 12.6. The van der Waals surface area contributed by atoms with Crippen LogP contribution in [0.4, 0.5) is 5.69 Å². The molecule has 1 unspecified atom stereocenters. The number of ether oxygens (including phenoxy) is 1. The maximum absolute atomic E-state index is 12.6. The number of likely N-dealkylation sites (N-methyl/N-ethyl adjacent to an activating group) is 1. The highest BCUT2D eigenvalue weighted by atomic mass is 32.2. The zero-order valence-electron chi connectivity index (χ0n) is 17.5. The largest absolute Gasteiger partial charge is 0.484 e. The summed E-state index contributed by atoms with van der Waals surface area (Å²) < 4.78 is 33.8. The lowest BCUT2D eigenvalue weighted by molar-refractivity contribution is -0.134. The van der Waals surface area contributed by atoms with Gasteiger partial charge in [0.15, 0.2) is 12.4 Å². The highest BCUT2D eigenvalue weighted by Gasteiger charge is 2.20. The van der Waals surface area contributed by atoms with E-state index in [4.69, 9.17) is 14.3 Å². The molecule has 0 radical (unpaired) electrons. The molecule has 2 amide bonds. The highest BCUT2D eigenvalue weighted by Crippen LogP contribution is 2.22. The van der Waals surface area contributed by atoms with Gasteiger partial charge in [-0.25, -0.2) is 13.6 Å². The predicted octanol–water partition coefficient (Wildman–Crippen LogP) is 2.78. The molecule has 0 aliphatic heterocycles. The van der Waals surface area contributed by atoms with Crippen LogP contribution < -0.4 is 15.2 Å². The molecule has 1 heterocycles. The Morgan fingerprint density at radius 1 is 1.12 bits per heavy atom. The molecule has 1 aromatic heterocycles. The quantitative estimate of drug-likeness (QED) is 0.535. The van der Waals surface area contributed by atoms with Crippen molar-refractivity contribution in [3.8, 4) is 5.75 Å². The number of carbonyl (C=O) groups excluding carboxylic acids is 2. The second-order valence-electron chi connectivity index (χ2n) is 7.05. The molecular weight excluding hydrogens is 434 g/mol. The van der Waals surface area contributed by atoms with E-state index < -0.39 is 22.0 Å². The minimum Gasteiger partial charge on any atom is -0.484 e. The summed E-state index contributed by atoms with van der Waals surface area (Å²) in [7, 11) is -2.25. The van der Waals surface area contributed by atoms with Gasteiger partial charge >= 0.3 is 0 Å². The molecule has 0 saturated carbocycles. The fourth-order valence-corrected chi connectivity index (χ4v) is 3.47. The first kappa shape index (κ1) is 23.0. The number of hydrogen-bond acceptors (Lipinski definition) is 6. The zero-order valence-corrected chi connectivity index (χ0v) is 18.3. The van der Waals surface area contributed by atoms with Gasteiger partial charge in [-0.3, -0.25) is 9.59 Å². The van der Waals surface area contributed by atoms with Crippen molar-refractivity contribution in [1.29, 1.82) is 0 Å². The summed E-state index contributed by atoms with van der Waals surface area (Å²) in [6.07, 6.45) is 1.41. The van der Waals surface area contributed by atoms with Gasteiger partial charge in [-0.15, -0.1) is 0 Å². The summed E-state index contributed by atoms with van der Waals surface area (Å²) in [5, 5.41) is 7.87. The van der Waals surface area contributed by atoms with E-state index in [1.807, 2.05) is 0 Å². The van der Waals surface area contributed by atoms with Gasteiger partial charge in [0.25, 0.3) is 11.8 Å². The minimum atomic E-state index is -3.84. The Hall–Kier alpha value is -3.63. The summed E-state index contributed by atoms with van der Waals surface area (Å²) in [4.78, 5) is 26.1. The van der Waals surface area contributed by atoms with Gasteiger partial charge in [0.2, 0.25) is 10.0 Å². The standard InChI is InChI=1S/C22H23N3O6S/c1-15(16-6-3-9-19(12-16)32(23,28)29)25(2)21(26)14-31-18-8-4-7-17(13-18)24-22(27)20-10-5-11-30-20/h3-13,15H,14H2,1-2H3,(H,24,27)(H2,23,28,29). The Morgan fingerprint density at radius 3 is 2.56 bits per heavy atom. The van der Waals surface area contributed by atoms with Crippen molar-refractivity contribution >= 4 is 27.5 Å². The summed E-state index contributed by atoms with van der Waals surface area (Å²) in [6.45, 7) is 1.52. The van der Waals surface area contributed by atoms with Crippen LogP contribution in [0.5, 0.6) is 5.75 Å². The SMILES string of the molecule is CC(c1cccc(S(N)(=O)=O)c1)N(C)C(=O)COc1cccc(NC(=O)c2ccco2)c1. The number of nitrogens with two attached hydrogens (primary N) is 1. The lowest BCUT2D eigenvalue weighted by Gasteiger charge is -2.25. The van der Waals surface area contributed by atoms with E-state index in [-0.39, 0.29) is 23.2 Å². The van der Waals surface area contributed by atoms with Crippen molar-refractivity contribution < 1.29 is 27.2 Å². The molecule has 32 heavy (non-hydrogen) atoms. The normalized spacial score (nSPS) is 12.1. The first-order valence-electron chi connectivity index (χ1n) is 9.61. The molecule has 3 aromatic rings. The Labute approximate surface area is 185 Å². The predicted molar refractivity (Wildman–Crippen MR) is 118 cm³/mol. The van der Waals surface area contributed by atoms with Crippen molar-refractivity contribution in [1.82, 2.24) is 4.90 Å². The van der Waals surface area contributed by atoms with Crippen LogP contribution in [0.15, 0.2) is 76.2 Å². The van der Waals surface area contributed by atoms with Gasteiger partial charge in [0.05, 0.1) is 17.2 Å². The van der Waals surface area contributed by atoms with Crippen molar-refractivity contribution in [3.05, 3.63) is 78.3 Å². The number of sulfonamides is 1.